The summed E-state index contributed by atoms with van der Waals surface area (Å²) in [6.45, 7) is 1.29. The van der Waals surface area contributed by atoms with Crippen LogP contribution in [0.5, 0.6) is 0 Å². The van der Waals surface area contributed by atoms with Gasteiger partial charge in [0.1, 0.15) is 0 Å². The fourth-order valence-electron chi connectivity index (χ4n) is 2.20. The second-order valence-electron chi connectivity index (χ2n) is 3.21. The zero-order valence-corrected chi connectivity index (χ0v) is 5.93. The van der Waals surface area contributed by atoms with E-state index in [4.69, 9.17) is 0 Å². The van der Waals surface area contributed by atoms with Crippen LogP contribution in [0.2, 0.25) is 0 Å². The van der Waals surface area contributed by atoms with E-state index in [9.17, 15) is 0 Å². The quantitative estimate of drug-likeness (QED) is 0.553. The summed E-state index contributed by atoms with van der Waals surface area (Å²) in [5, 5.41) is 2.38. The highest BCUT2D eigenvalue weighted by Crippen LogP contribution is 2.35. The molecule has 2 atom stereocenters. The van der Waals surface area contributed by atoms with Gasteiger partial charge in [-0.25, -0.2) is 5.01 Å². The van der Waals surface area contributed by atoms with Gasteiger partial charge >= 0.3 is 0 Å². The highest BCUT2D eigenvalue weighted by atomic mass is 15.5. The number of hydrogen-bond acceptors (Lipinski definition) is 2. The molecule has 2 bridgehead atoms. The zero-order chi connectivity index (χ0) is 6.27. The van der Waals surface area contributed by atoms with Crippen LogP contribution in [-0.4, -0.2) is 24.6 Å². The Morgan fingerprint density at radius 3 is 2.67 bits per heavy atom. The second kappa shape index (κ2) is 1.96. The van der Waals surface area contributed by atoms with E-state index in [2.05, 4.69) is 10.4 Å². The smallest absolute Gasteiger partial charge is 0.0246 e. The SMILES string of the molecule is CNN1CC2CCC1C2. The van der Waals surface area contributed by atoms with Crippen molar-refractivity contribution in [3.05, 3.63) is 0 Å². The normalized spacial score (nSPS) is 42.3. The Balaban J connectivity index is 2.01. The summed E-state index contributed by atoms with van der Waals surface area (Å²) >= 11 is 0. The number of hydrogen-bond donors (Lipinski definition) is 1. The van der Waals surface area contributed by atoms with Gasteiger partial charge in [0.2, 0.25) is 0 Å². The van der Waals surface area contributed by atoms with Crippen molar-refractivity contribution < 1.29 is 0 Å². The lowest BCUT2D eigenvalue weighted by molar-refractivity contribution is 0.156. The Bertz CT molecular complexity index is 113. The second-order valence-corrected chi connectivity index (χ2v) is 3.21. The number of hydrazine groups is 1. The summed E-state index contributed by atoms with van der Waals surface area (Å²) in [7, 11) is 2.03. The third-order valence-electron chi connectivity index (χ3n) is 2.70. The molecule has 1 saturated carbocycles. The van der Waals surface area contributed by atoms with Crippen LogP contribution in [0.3, 0.4) is 0 Å². The fourth-order valence-corrected chi connectivity index (χ4v) is 2.20. The zero-order valence-electron chi connectivity index (χ0n) is 5.93. The molecule has 1 heterocycles. The minimum atomic E-state index is 0.875. The Labute approximate surface area is 56.2 Å². The van der Waals surface area contributed by atoms with Crippen LogP contribution in [0.1, 0.15) is 19.3 Å². The van der Waals surface area contributed by atoms with Crippen LogP contribution in [-0.2, 0) is 0 Å². The van der Waals surface area contributed by atoms with Crippen molar-refractivity contribution in [2.24, 2.45) is 5.92 Å². The van der Waals surface area contributed by atoms with Crippen LogP contribution >= 0.6 is 0 Å². The van der Waals surface area contributed by atoms with E-state index in [1.165, 1.54) is 25.8 Å². The van der Waals surface area contributed by atoms with E-state index in [0.717, 1.165) is 12.0 Å². The number of nitrogens with zero attached hydrogens (tertiary/aromatic N) is 1. The van der Waals surface area contributed by atoms with Gasteiger partial charge in [0.15, 0.2) is 0 Å². The van der Waals surface area contributed by atoms with E-state index >= 15 is 0 Å². The summed E-state index contributed by atoms with van der Waals surface area (Å²) in [6, 6.07) is 0.875. The first-order valence-corrected chi connectivity index (χ1v) is 3.84. The lowest BCUT2D eigenvalue weighted by Crippen LogP contribution is -2.40. The molecule has 1 aliphatic heterocycles. The standard InChI is InChI=1S/C7H14N2/c1-8-9-5-6-2-3-7(9)4-6/h6-8H,2-5H2,1H3. The monoisotopic (exact) mass is 126 g/mol. The Morgan fingerprint density at radius 2 is 2.33 bits per heavy atom. The summed E-state index contributed by atoms with van der Waals surface area (Å²) < 4.78 is 0. The number of rotatable bonds is 1. The summed E-state index contributed by atoms with van der Waals surface area (Å²) in [5.74, 6) is 1.02. The highest BCUT2D eigenvalue weighted by molar-refractivity contribution is 4.89. The maximum Gasteiger partial charge on any atom is 0.0246 e. The first kappa shape index (κ1) is 5.69. The van der Waals surface area contributed by atoms with Crippen molar-refractivity contribution >= 4 is 0 Å². The summed E-state index contributed by atoms with van der Waals surface area (Å²) in [5.41, 5.74) is 3.23. The predicted molar refractivity (Wildman–Crippen MR) is 36.9 cm³/mol. The van der Waals surface area contributed by atoms with Gasteiger partial charge in [-0.15, -0.1) is 0 Å². The Hall–Kier alpha value is -0.0800. The lowest BCUT2D eigenvalue weighted by atomic mass is 10.1. The van der Waals surface area contributed by atoms with Crippen LogP contribution in [0.25, 0.3) is 0 Å². The van der Waals surface area contributed by atoms with Gasteiger partial charge in [-0.1, -0.05) is 0 Å². The fraction of sp³-hybridized carbons (Fsp3) is 1.00. The van der Waals surface area contributed by atoms with Crippen molar-refractivity contribution in [1.29, 1.82) is 0 Å². The molecule has 9 heavy (non-hydrogen) atoms. The molecule has 2 aliphatic rings. The third kappa shape index (κ3) is 0.775. The van der Waals surface area contributed by atoms with E-state index in [-0.39, 0.29) is 0 Å². The summed E-state index contributed by atoms with van der Waals surface area (Å²) in [6.07, 6.45) is 4.34. The van der Waals surface area contributed by atoms with Crippen LogP contribution < -0.4 is 5.43 Å². The molecule has 0 amide bonds. The van der Waals surface area contributed by atoms with Crippen molar-refractivity contribution in [3.63, 3.8) is 0 Å². The maximum atomic E-state index is 3.23. The van der Waals surface area contributed by atoms with Gasteiger partial charge in [0.05, 0.1) is 0 Å². The molecule has 0 aromatic carbocycles. The first-order chi connectivity index (χ1) is 4.40. The van der Waals surface area contributed by atoms with Gasteiger partial charge < -0.3 is 0 Å². The van der Waals surface area contributed by atoms with Gasteiger partial charge in [-0.05, 0) is 32.2 Å². The van der Waals surface area contributed by atoms with Gasteiger partial charge in [-0.3, -0.25) is 5.43 Å². The number of piperidine rings is 1. The predicted octanol–water partition coefficient (Wildman–Crippen LogP) is 0.605. The van der Waals surface area contributed by atoms with Crippen LogP contribution in [0.4, 0.5) is 0 Å². The van der Waals surface area contributed by atoms with E-state index in [1.54, 1.807) is 0 Å². The molecule has 2 nitrogen and oxygen atoms in total. The van der Waals surface area contributed by atoms with Crippen LogP contribution in [0.15, 0.2) is 0 Å². The molecule has 1 N–H and O–H groups in total. The average Bonchev–Trinajstić information content (AvgIpc) is 2.45. The molecule has 1 saturated heterocycles. The minimum Gasteiger partial charge on any atom is -0.258 e. The molecule has 0 radical (unpaired) electrons. The first-order valence-electron chi connectivity index (χ1n) is 3.84. The topological polar surface area (TPSA) is 15.3 Å². The number of nitrogens with one attached hydrogen (secondary N) is 1. The average molecular weight is 126 g/mol. The van der Waals surface area contributed by atoms with Crippen molar-refractivity contribution in [2.75, 3.05) is 13.6 Å². The largest absolute Gasteiger partial charge is 0.258 e. The molecule has 1 aliphatic carbocycles. The van der Waals surface area contributed by atoms with Crippen molar-refractivity contribution in [3.8, 4) is 0 Å². The highest BCUT2D eigenvalue weighted by Gasteiger charge is 2.36. The molecular weight excluding hydrogens is 112 g/mol. The van der Waals surface area contributed by atoms with E-state index in [1.807, 2.05) is 7.05 Å². The van der Waals surface area contributed by atoms with E-state index in [0.29, 0.717) is 0 Å². The molecule has 0 aromatic heterocycles. The summed E-state index contributed by atoms with van der Waals surface area (Å²) in [4.78, 5) is 0. The molecule has 0 aromatic rings. The molecule has 52 valence electrons. The van der Waals surface area contributed by atoms with Crippen LogP contribution in [0, 0.1) is 5.92 Å². The molecule has 2 fully saturated rings. The van der Waals surface area contributed by atoms with Gasteiger partial charge in [-0.2, -0.15) is 0 Å². The molecule has 2 heteroatoms. The van der Waals surface area contributed by atoms with Gasteiger partial charge in [0.25, 0.3) is 0 Å². The Kier molecular flexibility index (Phi) is 1.24. The third-order valence-corrected chi connectivity index (χ3v) is 2.70. The molecule has 2 unspecified atom stereocenters. The Morgan fingerprint density at radius 1 is 1.44 bits per heavy atom. The van der Waals surface area contributed by atoms with Crippen molar-refractivity contribution in [1.82, 2.24) is 10.4 Å². The minimum absolute atomic E-state index is 0.875. The molecular formula is C7H14N2. The number of fused-ring (bicyclic) bond motifs is 2. The lowest BCUT2D eigenvalue weighted by Gasteiger charge is -2.25. The van der Waals surface area contributed by atoms with Gasteiger partial charge in [0, 0.05) is 12.6 Å². The molecule has 0 spiro atoms. The van der Waals surface area contributed by atoms with Crippen molar-refractivity contribution in [2.45, 2.75) is 25.3 Å². The maximum absolute atomic E-state index is 3.23. The van der Waals surface area contributed by atoms with E-state index < -0.39 is 0 Å². The molecule has 2 rings (SSSR count).